The maximum absolute atomic E-state index is 8.86. The lowest BCUT2D eigenvalue weighted by Gasteiger charge is -2.06. The van der Waals surface area contributed by atoms with E-state index >= 15 is 0 Å². The molecule has 2 aromatic rings. The average Bonchev–Trinajstić information content (AvgIpc) is 2.40. The van der Waals surface area contributed by atoms with E-state index in [1.54, 1.807) is 0 Å². The van der Waals surface area contributed by atoms with Gasteiger partial charge in [-0.3, -0.25) is 0 Å². The summed E-state index contributed by atoms with van der Waals surface area (Å²) in [6.45, 7) is 1.84. The number of nitriles is 2. The average molecular weight is 232 g/mol. The highest BCUT2D eigenvalue weighted by molar-refractivity contribution is 5.85. The van der Waals surface area contributed by atoms with Crippen LogP contribution in [0.1, 0.15) is 12.5 Å². The third-order valence-electron chi connectivity index (χ3n) is 2.99. The monoisotopic (exact) mass is 232 g/mol. The number of hydrogen-bond donors (Lipinski definition) is 0. The predicted molar refractivity (Wildman–Crippen MR) is 71.6 cm³/mol. The summed E-state index contributed by atoms with van der Waals surface area (Å²) in [5, 5.41) is 20.1. The Kier molecular flexibility index (Phi) is 3.41. The number of allylic oxidation sites excluding steroid dienone is 2. The lowest BCUT2D eigenvalue weighted by Crippen LogP contribution is -1.92. The zero-order valence-corrected chi connectivity index (χ0v) is 10.1. The van der Waals surface area contributed by atoms with Crippen molar-refractivity contribution < 1.29 is 0 Å². The van der Waals surface area contributed by atoms with Crippen molar-refractivity contribution in [3.63, 3.8) is 0 Å². The predicted octanol–water partition coefficient (Wildman–Crippen LogP) is 3.75. The lowest BCUT2D eigenvalue weighted by molar-refractivity contribution is 1.14. The SMILES string of the molecule is CC(Cc1cccc2ccccc12)=C(C#N)C#N. The first-order chi connectivity index (χ1) is 8.76. The quantitative estimate of drug-likeness (QED) is 0.740. The fraction of sp³-hybridized carbons (Fsp3) is 0.125. The Morgan fingerprint density at radius 3 is 2.39 bits per heavy atom. The van der Waals surface area contributed by atoms with Crippen molar-refractivity contribution in [3.8, 4) is 12.1 Å². The molecule has 2 rings (SSSR count). The van der Waals surface area contributed by atoms with Gasteiger partial charge in [0, 0.05) is 0 Å². The van der Waals surface area contributed by atoms with E-state index in [1.165, 1.54) is 10.8 Å². The van der Waals surface area contributed by atoms with E-state index in [1.807, 2.05) is 43.3 Å². The van der Waals surface area contributed by atoms with Crippen LogP contribution in [0, 0.1) is 22.7 Å². The van der Waals surface area contributed by atoms with Crippen molar-refractivity contribution in [1.82, 2.24) is 0 Å². The van der Waals surface area contributed by atoms with Crippen LogP contribution in [0.25, 0.3) is 10.8 Å². The second-order valence-corrected chi connectivity index (χ2v) is 4.19. The minimum absolute atomic E-state index is 0.211. The molecule has 0 heterocycles. The standard InChI is InChI=1S/C16H12N2/c1-12(15(10-17)11-18)9-14-7-4-6-13-5-2-3-8-16(13)14/h2-8H,9H2,1H3. The van der Waals surface area contributed by atoms with Crippen LogP contribution >= 0.6 is 0 Å². The molecule has 18 heavy (non-hydrogen) atoms. The van der Waals surface area contributed by atoms with E-state index in [4.69, 9.17) is 10.5 Å². The Bertz CT molecular complexity index is 676. The third-order valence-corrected chi connectivity index (χ3v) is 2.99. The van der Waals surface area contributed by atoms with Crippen LogP contribution in [-0.4, -0.2) is 0 Å². The molecular formula is C16H12N2. The number of hydrogen-bond acceptors (Lipinski definition) is 2. The molecule has 0 amide bonds. The molecular weight excluding hydrogens is 220 g/mol. The Morgan fingerprint density at radius 1 is 1.00 bits per heavy atom. The van der Waals surface area contributed by atoms with Crippen molar-refractivity contribution >= 4 is 10.8 Å². The Hall–Kier alpha value is -2.58. The molecule has 0 aliphatic carbocycles. The fourth-order valence-corrected chi connectivity index (χ4v) is 2.04. The highest BCUT2D eigenvalue weighted by Crippen LogP contribution is 2.21. The summed E-state index contributed by atoms with van der Waals surface area (Å²) >= 11 is 0. The van der Waals surface area contributed by atoms with Crippen LogP contribution in [0.4, 0.5) is 0 Å². The van der Waals surface area contributed by atoms with E-state index in [9.17, 15) is 0 Å². The van der Waals surface area contributed by atoms with Gasteiger partial charge in [0.1, 0.15) is 17.7 Å². The van der Waals surface area contributed by atoms with E-state index in [-0.39, 0.29) is 5.57 Å². The second kappa shape index (κ2) is 5.17. The van der Waals surface area contributed by atoms with Gasteiger partial charge in [-0.2, -0.15) is 10.5 Å². The van der Waals surface area contributed by atoms with Gasteiger partial charge in [0.25, 0.3) is 0 Å². The molecule has 0 unspecified atom stereocenters. The molecule has 86 valence electrons. The zero-order chi connectivity index (χ0) is 13.0. The molecule has 0 aromatic heterocycles. The van der Waals surface area contributed by atoms with Gasteiger partial charge in [-0.05, 0) is 35.3 Å². The third kappa shape index (κ3) is 2.24. The van der Waals surface area contributed by atoms with Gasteiger partial charge in [-0.1, -0.05) is 42.5 Å². The van der Waals surface area contributed by atoms with Crippen LogP contribution in [0.15, 0.2) is 53.6 Å². The van der Waals surface area contributed by atoms with Crippen LogP contribution in [0.2, 0.25) is 0 Å². The van der Waals surface area contributed by atoms with Crippen molar-refractivity contribution in [1.29, 1.82) is 10.5 Å². The molecule has 0 saturated carbocycles. The molecule has 0 saturated heterocycles. The summed E-state index contributed by atoms with van der Waals surface area (Å²) in [6, 6.07) is 18.1. The Morgan fingerprint density at radius 2 is 1.67 bits per heavy atom. The highest BCUT2D eigenvalue weighted by atomic mass is 14.3. The largest absolute Gasteiger partial charge is 0.192 e. The van der Waals surface area contributed by atoms with Crippen LogP contribution in [0.3, 0.4) is 0 Å². The summed E-state index contributed by atoms with van der Waals surface area (Å²) in [4.78, 5) is 0. The lowest BCUT2D eigenvalue weighted by atomic mass is 9.97. The normalized spacial score (nSPS) is 9.50. The summed E-state index contributed by atoms with van der Waals surface area (Å²) in [5.41, 5.74) is 2.17. The van der Waals surface area contributed by atoms with E-state index in [0.29, 0.717) is 6.42 Å². The molecule has 0 bridgehead atoms. The van der Waals surface area contributed by atoms with E-state index in [2.05, 4.69) is 18.2 Å². The molecule has 2 heteroatoms. The maximum Gasteiger partial charge on any atom is 0.128 e. The molecule has 0 aliphatic rings. The van der Waals surface area contributed by atoms with Gasteiger partial charge in [0.2, 0.25) is 0 Å². The molecule has 0 fully saturated rings. The molecule has 2 nitrogen and oxygen atoms in total. The number of benzene rings is 2. The van der Waals surface area contributed by atoms with Crippen molar-refractivity contribution in [2.24, 2.45) is 0 Å². The second-order valence-electron chi connectivity index (χ2n) is 4.19. The summed E-state index contributed by atoms with van der Waals surface area (Å²) < 4.78 is 0. The van der Waals surface area contributed by atoms with Gasteiger partial charge in [0.15, 0.2) is 0 Å². The summed E-state index contributed by atoms with van der Waals surface area (Å²) in [5.74, 6) is 0. The smallest absolute Gasteiger partial charge is 0.128 e. The Labute approximate surface area is 106 Å². The maximum atomic E-state index is 8.86. The van der Waals surface area contributed by atoms with Crippen molar-refractivity contribution in [2.75, 3.05) is 0 Å². The van der Waals surface area contributed by atoms with E-state index < -0.39 is 0 Å². The minimum atomic E-state index is 0.211. The van der Waals surface area contributed by atoms with Gasteiger partial charge < -0.3 is 0 Å². The van der Waals surface area contributed by atoms with Gasteiger partial charge in [-0.25, -0.2) is 0 Å². The van der Waals surface area contributed by atoms with Crippen LogP contribution < -0.4 is 0 Å². The van der Waals surface area contributed by atoms with Gasteiger partial charge >= 0.3 is 0 Å². The highest BCUT2D eigenvalue weighted by Gasteiger charge is 2.05. The molecule has 0 spiro atoms. The fourth-order valence-electron chi connectivity index (χ4n) is 2.04. The molecule has 2 aromatic carbocycles. The molecule has 0 radical (unpaired) electrons. The molecule has 0 aliphatic heterocycles. The summed E-state index contributed by atoms with van der Waals surface area (Å²) in [6.07, 6.45) is 0.637. The summed E-state index contributed by atoms with van der Waals surface area (Å²) in [7, 11) is 0. The Balaban J connectivity index is 2.49. The van der Waals surface area contributed by atoms with Crippen LogP contribution in [-0.2, 0) is 6.42 Å². The first-order valence-corrected chi connectivity index (χ1v) is 5.73. The van der Waals surface area contributed by atoms with Gasteiger partial charge in [-0.15, -0.1) is 0 Å². The van der Waals surface area contributed by atoms with Gasteiger partial charge in [0.05, 0.1) is 0 Å². The minimum Gasteiger partial charge on any atom is -0.192 e. The number of fused-ring (bicyclic) bond motifs is 1. The van der Waals surface area contributed by atoms with Crippen molar-refractivity contribution in [2.45, 2.75) is 13.3 Å². The topological polar surface area (TPSA) is 47.6 Å². The van der Waals surface area contributed by atoms with Crippen molar-refractivity contribution in [3.05, 3.63) is 59.2 Å². The first-order valence-electron chi connectivity index (χ1n) is 5.73. The number of nitrogens with zero attached hydrogens (tertiary/aromatic N) is 2. The number of rotatable bonds is 2. The molecule has 0 N–H and O–H groups in total. The van der Waals surface area contributed by atoms with Crippen LogP contribution in [0.5, 0.6) is 0 Å². The van der Waals surface area contributed by atoms with E-state index in [0.717, 1.165) is 11.1 Å². The first kappa shape index (κ1) is 11.9. The zero-order valence-electron chi connectivity index (χ0n) is 10.1. The molecule has 0 atom stereocenters.